The number of nitrogens with zero attached hydrogens (tertiary/aromatic N) is 1. The minimum absolute atomic E-state index is 0.286. The number of carbonyl (C=O) groups excluding carboxylic acids is 1. The molecule has 0 unspecified atom stereocenters. The summed E-state index contributed by atoms with van der Waals surface area (Å²) in [5.74, 6) is -0.0596. The Hall–Kier alpha value is -2.95. The van der Waals surface area contributed by atoms with E-state index in [4.69, 9.17) is 4.74 Å². The van der Waals surface area contributed by atoms with Crippen molar-refractivity contribution >= 4 is 22.5 Å². The molecular weight excluding hydrogens is 295 g/mol. The van der Waals surface area contributed by atoms with Crippen LogP contribution in [0.2, 0.25) is 0 Å². The van der Waals surface area contributed by atoms with Gasteiger partial charge in [0, 0.05) is 11.5 Å². The molecule has 0 aliphatic rings. The molecule has 116 valence electrons. The molecule has 1 amide bonds. The second kappa shape index (κ2) is 6.04. The molecular formula is C18H15FN2O2. The second-order valence-electron chi connectivity index (χ2n) is 5.11. The van der Waals surface area contributed by atoms with Crippen LogP contribution >= 0.6 is 0 Å². The van der Waals surface area contributed by atoms with E-state index in [2.05, 4.69) is 10.3 Å². The molecule has 3 aromatic rings. The molecule has 0 fully saturated rings. The molecule has 0 bridgehead atoms. The van der Waals surface area contributed by atoms with Gasteiger partial charge in [-0.3, -0.25) is 9.78 Å². The van der Waals surface area contributed by atoms with Gasteiger partial charge in [0.1, 0.15) is 11.6 Å². The lowest BCUT2D eigenvalue weighted by molar-refractivity contribution is 0.102. The lowest BCUT2D eigenvalue weighted by atomic mass is 10.1. The Bertz CT molecular complexity index is 893. The van der Waals surface area contributed by atoms with Crippen molar-refractivity contribution < 1.29 is 13.9 Å². The molecule has 4 nitrogen and oxygen atoms in total. The number of aryl methyl sites for hydroxylation is 1. The summed E-state index contributed by atoms with van der Waals surface area (Å²) in [6.45, 7) is 1.72. The van der Waals surface area contributed by atoms with Gasteiger partial charge >= 0.3 is 0 Å². The smallest absolute Gasteiger partial charge is 0.257 e. The normalized spacial score (nSPS) is 10.6. The number of anilines is 1. The van der Waals surface area contributed by atoms with Gasteiger partial charge in [-0.1, -0.05) is 12.1 Å². The molecule has 0 saturated heterocycles. The van der Waals surface area contributed by atoms with E-state index in [-0.39, 0.29) is 11.7 Å². The number of pyridine rings is 1. The van der Waals surface area contributed by atoms with Crippen molar-refractivity contribution in [3.63, 3.8) is 0 Å². The first-order valence-corrected chi connectivity index (χ1v) is 7.10. The van der Waals surface area contributed by atoms with E-state index in [0.717, 1.165) is 0 Å². The highest BCUT2D eigenvalue weighted by atomic mass is 19.1. The molecule has 0 atom stereocenters. The number of carbonyl (C=O) groups is 1. The number of benzene rings is 2. The lowest BCUT2D eigenvalue weighted by Crippen LogP contribution is -2.14. The van der Waals surface area contributed by atoms with Crippen molar-refractivity contribution in [3.05, 3.63) is 65.6 Å². The fraction of sp³-hybridized carbons (Fsp3) is 0.111. The Labute approximate surface area is 132 Å². The zero-order valence-corrected chi connectivity index (χ0v) is 12.8. The van der Waals surface area contributed by atoms with E-state index in [1.54, 1.807) is 38.3 Å². The second-order valence-corrected chi connectivity index (χ2v) is 5.11. The van der Waals surface area contributed by atoms with Gasteiger partial charge in [-0.15, -0.1) is 0 Å². The zero-order chi connectivity index (χ0) is 16.4. The van der Waals surface area contributed by atoms with Crippen LogP contribution in [0.25, 0.3) is 10.9 Å². The number of methoxy groups -OCH3 is 1. The topological polar surface area (TPSA) is 51.2 Å². The molecule has 0 radical (unpaired) electrons. The molecule has 2 aromatic carbocycles. The average molecular weight is 310 g/mol. The molecule has 0 aliphatic carbocycles. The number of halogens is 1. The summed E-state index contributed by atoms with van der Waals surface area (Å²) in [4.78, 5) is 16.8. The van der Waals surface area contributed by atoms with Crippen LogP contribution in [0.3, 0.4) is 0 Å². The number of aromatic nitrogens is 1. The molecule has 23 heavy (non-hydrogen) atoms. The van der Waals surface area contributed by atoms with Crippen LogP contribution in [-0.2, 0) is 0 Å². The highest BCUT2D eigenvalue weighted by Crippen LogP contribution is 2.25. The first-order valence-electron chi connectivity index (χ1n) is 7.10. The predicted octanol–water partition coefficient (Wildman–Crippen LogP) is 3.94. The summed E-state index contributed by atoms with van der Waals surface area (Å²) < 4.78 is 18.5. The summed E-state index contributed by atoms with van der Waals surface area (Å²) in [6, 6.07) is 13.2. The predicted molar refractivity (Wildman–Crippen MR) is 87.4 cm³/mol. The maximum atomic E-state index is 13.3. The third-order valence-electron chi connectivity index (χ3n) is 3.57. The number of para-hydroxylation sites is 2. The minimum Gasteiger partial charge on any atom is -0.495 e. The van der Waals surface area contributed by atoms with Crippen molar-refractivity contribution in [2.75, 3.05) is 12.4 Å². The highest BCUT2D eigenvalue weighted by Gasteiger charge is 2.14. The first kappa shape index (κ1) is 15.0. The van der Waals surface area contributed by atoms with Gasteiger partial charge in [0.15, 0.2) is 0 Å². The van der Waals surface area contributed by atoms with Crippen molar-refractivity contribution in [3.8, 4) is 5.75 Å². The number of rotatable bonds is 3. The molecule has 1 N–H and O–H groups in total. The van der Waals surface area contributed by atoms with Crippen LogP contribution in [0.4, 0.5) is 10.1 Å². The summed E-state index contributed by atoms with van der Waals surface area (Å²) >= 11 is 0. The van der Waals surface area contributed by atoms with E-state index in [9.17, 15) is 9.18 Å². The van der Waals surface area contributed by atoms with E-state index < -0.39 is 0 Å². The number of amides is 1. The minimum atomic E-state index is -0.351. The standard InChI is InChI=1S/C18H15FN2O2/c1-11-14(9-12-7-8-13(19)10-16(12)20-11)18(22)21-15-5-3-4-6-17(15)23-2/h3-10H,1-2H3,(H,21,22). The zero-order valence-electron chi connectivity index (χ0n) is 12.8. The molecule has 1 heterocycles. The first-order chi connectivity index (χ1) is 11.1. The number of fused-ring (bicyclic) bond motifs is 1. The lowest BCUT2D eigenvalue weighted by Gasteiger charge is -2.11. The molecule has 5 heteroatoms. The fourth-order valence-corrected chi connectivity index (χ4v) is 2.40. The molecule has 0 spiro atoms. The molecule has 0 saturated carbocycles. The Morgan fingerprint density at radius 1 is 1.17 bits per heavy atom. The summed E-state index contributed by atoms with van der Waals surface area (Å²) in [5.41, 5.74) is 2.08. The van der Waals surface area contributed by atoms with Crippen LogP contribution in [0.5, 0.6) is 5.75 Å². The highest BCUT2D eigenvalue weighted by molar-refractivity contribution is 6.07. The SMILES string of the molecule is COc1ccccc1NC(=O)c1cc2ccc(F)cc2nc1C. The monoisotopic (exact) mass is 310 g/mol. The maximum absolute atomic E-state index is 13.3. The van der Waals surface area contributed by atoms with Crippen molar-refractivity contribution in [2.45, 2.75) is 6.92 Å². The van der Waals surface area contributed by atoms with Crippen LogP contribution in [0.1, 0.15) is 16.1 Å². The summed E-state index contributed by atoms with van der Waals surface area (Å²) in [6.07, 6.45) is 0. The summed E-state index contributed by atoms with van der Waals surface area (Å²) in [5, 5.41) is 3.53. The van der Waals surface area contributed by atoms with Crippen molar-refractivity contribution in [1.82, 2.24) is 4.98 Å². The third-order valence-corrected chi connectivity index (χ3v) is 3.57. The van der Waals surface area contributed by atoms with E-state index in [1.807, 2.05) is 12.1 Å². The van der Waals surface area contributed by atoms with Crippen molar-refractivity contribution in [1.29, 1.82) is 0 Å². The van der Waals surface area contributed by atoms with Crippen LogP contribution in [0.15, 0.2) is 48.5 Å². The summed E-state index contributed by atoms with van der Waals surface area (Å²) in [7, 11) is 1.54. The number of nitrogens with one attached hydrogen (secondary N) is 1. The van der Waals surface area contributed by atoms with Crippen molar-refractivity contribution in [2.24, 2.45) is 0 Å². The number of ether oxygens (including phenoxy) is 1. The van der Waals surface area contributed by atoms with Gasteiger partial charge in [-0.05, 0) is 37.3 Å². The molecule has 0 aliphatic heterocycles. The van der Waals surface area contributed by atoms with Gasteiger partial charge in [0.2, 0.25) is 0 Å². The largest absolute Gasteiger partial charge is 0.495 e. The Morgan fingerprint density at radius 2 is 1.96 bits per heavy atom. The molecule has 1 aromatic heterocycles. The Balaban J connectivity index is 1.97. The van der Waals surface area contributed by atoms with Gasteiger partial charge in [0.05, 0.1) is 29.6 Å². The average Bonchev–Trinajstić information content (AvgIpc) is 2.54. The Morgan fingerprint density at radius 3 is 2.74 bits per heavy atom. The number of hydrogen-bond donors (Lipinski definition) is 1. The van der Waals surface area contributed by atoms with Gasteiger partial charge in [-0.25, -0.2) is 4.39 Å². The van der Waals surface area contributed by atoms with Gasteiger partial charge in [-0.2, -0.15) is 0 Å². The third kappa shape index (κ3) is 2.99. The maximum Gasteiger partial charge on any atom is 0.257 e. The van der Waals surface area contributed by atoms with Crippen LogP contribution < -0.4 is 10.1 Å². The van der Waals surface area contributed by atoms with Crippen LogP contribution in [0, 0.1) is 12.7 Å². The fourth-order valence-electron chi connectivity index (χ4n) is 2.40. The van der Waals surface area contributed by atoms with Crippen LogP contribution in [-0.4, -0.2) is 18.0 Å². The van der Waals surface area contributed by atoms with E-state index >= 15 is 0 Å². The van der Waals surface area contributed by atoms with Gasteiger partial charge < -0.3 is 10.1 Å². The molecule has 3 rings (SSSR count). The Kier molecular flexibility index (Phi) is 3.93. The van der Waals surface area contributed by atoms with E-state index in [1.165, 1.54) is 12.1 Å². The number of hydrogen-bond acceptors (Lipinski definition) is 3. The van der Waals surface area contributed by atoms with Gasteiger partial charge in [0.25, 0.3) is 5.91 Å². The quantitative estimate of drug-likeness (QED) is 0.797. The van der Waals surface area contributed by atoms with E-state index in [0.29, 0.717) is 33.6 Å².